The predicted octanol–water partition coefficient (Wildman–Crippen LogP) is 2.41. The highest BCUT2D eigenvalue weighted by Crippen LogP contribution is 2.58. The Hall–Kier alpha value is -0.0400. The minimum Gasteiger partial charge on any atom is -0.328 e. The lowest BCUT2D eigenvalue weighted by atomic mass is 9.82. The molecular formula is C10H21N. The molecule has 2 N–H and O–H groups in total. The van der Waals surface area contributed by atoms with Crippen LogP contribution in [0.5, 0.6) is 0 Å². The summed E-state index contributed by atoms with van der Waals surface area (Å²) in [5, 5.41) is 0. The average molecular weight is 155 g/mol. The van der Waals surface area contributed by atoms with Gasteiger partial charge in [-0.15, -0.1) is 0 Å². The van der Waals surface area contributed by atoms with E-state index in [0.717, 1.165) is 11.8 Å². The van der Waals surface area contributed by atoms with Crippen molar-refractivity contribution in [1.29, 1.82) is 0 Å². The smallest absolute Gasteiger partial charge is 0.00439 e. The van der Waals surface area contributed by atoms with Crippen molar-refractivity contribution in [2.45, 2.75) is 46.6 Å². The molecule has 0 aromatic carbocycles. The fraction of sp³-hybridized carbons (Fsp3) is 1.00. The second-order valence-corrected chi connectivity index (χ2v) is 4.48. The number of hydrogen-bond acceptors (Lipinski definition) is 1. The van der Waals surface area contributed by atoms with Crippen molar-refractivity contribution >= 4 is 0 Å². The Morgan fingerprint density at radius 2 is 2.09 bits per heavy atom. The monoisotopic (exact) mass is 155 g/mol. The molecule has 0 aliphatic heterocycles. The lowest BCUT2D eigenvalue weighted by molar-refractivity contribution is 0.262. The summed E-state index contributed by atoms with van der Waals surface area (Å²) in [6.07, 6.45) is 2.62. The largest absolute Gasteiger partial charge is 0.328 e. The summed E-state index contributed by atoms with van der Waals surface area (Å²) in [6, 6.07) is 0.370. The first-order valence-corrected chi connectivity index (χ1v) is 4.78. The third-order valence-corrected chi connectivity index (χ3v) is 3.63. The quantitative estimate of drug-likeness (QED) is 0.665. The average Bonchev–Trinajstić information content (AvgIpc) is 2.41. The molecular weight excluding hydrogens is 134 g/mol. The van der Waals surface area contributed by atoms with Crippen LogP contribution in [0.15, 0.2) is 0 Å². The first kappa shape index (κ1) is 9.05. The molecule has 0 aromatic rings. The van der Waals surface area contributed by atoms with E-state index in [-0.39, 0.29) is 0 Å². The van der Waals surface area contributed by atoms with Crippen molar-refractivity contribution in [2.24, 2.45) is 23.0 Å². The van der Waals surface area contributed by atoms with Gasteiger partial charge in [0.15, 0.2) is 0 Å². The van der Waals surface area contributed by atoms with Gasteiger partial charge in [0.05, 0.1) is 0 Å². The molecule has 4 atom stereocenters. The van der Waals surface area contributed by atoms with Crippen LogP contribution in [-0.2, 0) is 0 Å². The van der Waals surface area contributed by atoms with Gasteiger partial charge in [0, 0.05) is 6.04 Å². The maximum absolute atomic E-state index is 5.94. The summed E-state index contributed by atoms with van der Waals surface area (Å²) in [7, 11) is 0. The first-order chi connectivity index (χ1) is 5.02. The summed E-state index contributed by atoms with van der Waals surface area (Å²) in [6.45, 7) is 9.12. The van der Waals surface area contributed by atoms with E-state index in [9.17, 15) is 0 Å². The molecule has 1 rings (SSSR count). The zero-order valence-corrected chi connectivity index (χ0v) is 8.22. The summed E-state index contributed by atoms with van der Waals surface area (Å²) in [5.41, 5.74) is 6.51. The van der Waals surface area contributed by atoms with E-state index in [1.165, 1.54) is 12.8 Å². The van der Waals surface area contributed by atoms with Crippen LogP contribution in [0.3, 0.4) is 0 Å². The van der Waals surface area contributed by atoms with Crippen molar-refractivity contribution in [3.05, 3.63) is 0 Å². The number of rotatable bonds is 3. The van der Waals surface area contributed by atoms with E-state index in [1.54, 1.807) is 0 Å². The van der Waals surface area contributed by atoms with Gasteiger partial charge in [0.1, 0.15) is 0 Å². The van der Waals surface area contributed by atoms with E-state index in [0.29, 0.717) is 11.5 Å². The van der Waals surface area contributed by atoms with Gasteiger partial charge in [0.2, 0.25) is 0 Å². The Labute approximate surface area is 70.4 Å². The van der Waals surface area contributed by atoms with E-state index >= 15 is 0 Å². The molecule has 4 unspecified atom stereocenters. The lowest BCUT2D eigenvalue weighted by Crippen LogP contribution is -2.32. The zero-order chi connectivity index (χ0) is 8.65. The van der Waals surface area contributed by atoms with Crippen LogP contribution < -0.4 is 5.73 Å². The van der Waals surface area contributed by atoms with Crippen molar-refractivity contribution in [2.75, 3.05) is 0 Å². The van der Waals surface area contributed by atoms with Crippen LogP contribution in [0.4, 0.5) is 0 Å². The molecule has 1 heteroatoms. The lowest BCUT2D eigenvalue weighted by Gasteiger charge is -2.26. The van der Waals surface area contributed by atoms with Gasteiger partial charge in [0.25, 0.3) is 0 Å². The molecule has 66 valence electrons. The second-order valence-electron chi connectivity index (χ2n) is 4.48. The standard InChI is InChI=1S/C10H21N/c1-5-9(8(3)11)10(4)6-7(10)2/h7-9H,5-6,11H2,1-4H3. The molecule has 11 heavy (non-hydrogen) atoms. The summed E-state index contributed by atoms with van der Waals surface area (Å²) >= 11 is 0. The SMILES string of the molecule is CCC(C(C)N)C1(C)CC1C. The van der Waals surface area contributed by atoms with Gasteiger partial charge in [-0.3, -0.25) is 0 Å². The molecule has 0 aromatic heterocycles. The Morgan fingerprint density at radius 1 is 1.64 bits per heavy atom. The summed E-state index contributed by atoms with van der Waals surface area (Å²) in [5.74, 6) is 1.64. The van der Waals surface area contributed by atoms with Crippen LogP contribution in [0, 0.1) is 17.3 Å². The van der Waals surface area contributed by atoms with Gasteiger partial charge >= 0.3 is 0 Å². The van der Waals surface area contributed by atoms with Crippen molar-refractivity contribution in [3.8, 4) is 0 Å². The molecule has 0 heterocycles. The molecule has 1 aliphatic carbocycles. The molecule has 0 spiro atoms. The van der Waals surface area contributed by atoms with Gasteiger partial charge in [-0.05, 0) is 30.6 Å². The first-order valence-electron chi connectivity index (χ1n) is 4.78. The van der Waals surface area contributed by atoms with Crippen LogP contribution in [0.25, 0.3) is 0 Å². The minimum atomic E-state index is 0.370. The highest BCUT2D eigenvalue weighted by atomic mass is 14.7. The maximum atomic E-state index is 5.94. The maximum Gasteiger partial charge on any atom is 0.00439 e. The van der Waals surface area contributed by atoms with Gasteiger partial charge < -0.3 is 5.73 Å². The highest BCUT2D eigenvalue weighted by molar-refractivity contribution is 5.02. The van der Waals surface area contributed by atoms with Crippen LogP contribution >= 0.6 is 0 Å². The van der Waals surface area contributed by atoms with Crippen LogP contribution in [-0.4, -0.2) is 6.04 Å². The topological polar surface area (TPSA) is 26.0 Å². The van der Waals surface area contributed by atoms with Crippen LogP contribution in [0.1, 0.15) is 40.5 Å². The fourth-order valence-corrected chi connectivity index (χ4v) is 2.56. The number of nitrogens with two attached hydrogens (primary N) is 1. The minimum absolute atomic E-state index is 0.370. The third kappa shape index (κ3) is 1.44. The van der Waals surface area contributed by atoms with E-state index in [1.807, 2.05) is 0 Å². The Bertz CT molecular complexity index is 142. The normalized spacial score (nSPS) is 41.7. The Kier molecular flexibility index (Phi) is 2.29. The fourth-order valence-electron chi connectivity index (χ4n) is 2.56. The summed E-state index contributed by atoms with van der Waals surface area (Å²) in [4.78, 5) is 0. The van der Waals surface area contributed by atoms with Gasteiger partial charge in [-0.25, -0.2) is 0 Å². The van der Waals surface area contributed by atoms with Crippen molar-refractivity contribution in [1.82, 2.24) is 0 Å². The van der Waals surface area contributed by atoms with Crippen LogP contribution in [0.2, 0.25) is 0 Å². The van der Waals surface area contributed by atoms with E-state index in [2.05, 4.69) is 27.7 Å². The molecule has 1 saturated carbocycles. The van der Waals surface area contributed by atoms with Crippen molar-refractivity contribution < 1.29 is 0 Å². The third-order valence-electron chi connectivity index (χ3n) is 3.63. The predicted molar refractivity (Wildman–Crippen MR) is 49.3 cm³/mol. The number of hydrogen-bond donors (Lipinski definition) is 1. The Morgan fingerprint density at radius 3 is 2.18 bits per heavy atom. The highest BCUT2D eigenvalue weighted by Gasteiger charge is 2.52. The molecule has 0 saturated heterocycles. The Balaban J connectivity index is 2.56. The zero-order valence-electron chi connectivity index (χ0n) is 8.22. The van der Waals surface area contributed by atoms with Crippen molar-refractivity contribution in [3.63, 3.8) is 0 Å². The molecule has 1 nitrogen and oxygen atoms in total. The van der Waals surface area contributed by atoms with Gasteiger partial charge in [-0.1, -0.05) is 27.2 Å². The second kappa shape index (κ2) is 2.78. The van der Waals surface area contributed by atoms with E-state index < -0.39 is 0 Å². The molecule has 0 bridgehead atoms. The van der Waals surface area contributed by atoms with Gasteiger partial charge in [-0.2, -0.15) is 0 Å². The molecule has 1 aliphatic rings. The van der Waals surface area contributed by atoms with E-state index in [4.69, 9.17) is 5.73 Å². The molecule has 0 amide bonds. The summed E-state index contributed by atoms with van der Waals surface area (Å²) < 4.78 is 0. The molecule has 1 fully saturated rings. The molecule has 0 radical (unpaired) electrons.